The van der Waals surface area contributed by atoms with Gasteiger partial charge in [-0.1, -0.05) is 66.2 Å². The molecule has 0 saturated heterocycles. The molecule has 0 bridgehead atoms. The number of benzene rings is 3. The van der Waals surface area contributed by atoms with Gasteiger partial charge in [-0.15, -0.1) is 0 Å². The Balaban J connectivity index is 1.85. The lowest BCUT2D eigenvalue weighted by molar-refractivity contribution is -0.133. The van der Waals surface area contributed by atoms with E-state index in [1.165, 1.54) is 0 Å². The van der Waals surface area contributed by atoms with Gasteiger partial charge in [0.2, 0.25) is 0 Å². The summed E-state index contributed by atoms with van der Waals surface area (Å²) in [5.41, 5.74) is 0.931. The first-order valence-corrected chi connectivity index (χ1v) is 7.04. The molecule has 0 N–H and O–H groups in total. The molecule has 3 heteroatoms. The molecule has 0 aliphatic heterocycles. The lowest BCUT2D eigenvalue weighted by Crippen LogP contribution is -2.11. The van der Waals surface area contributed by atoms with Gasteiger partial charge in [0.25, 0.3) is 0 Å². The summed E-state index contributed by atoms with van der Waals surface area (Å²) < 4.78 is 5.49. The predicted molar refractivity (Wildman–Crippen MR) is 84.7 cm³/mol. The van der Waals surface area contributed by atoms with E-state index in [2.05, 4.69) is 0 Å². The second kappa shape index (κ2) is 5.98. The van der Waals surface area contributed by atoms with E-state index in [1.54, 1.807) is 12.1 Å². The fourth-order valence-corrected chi connectivity index (χ4v) is 2.47. The number of hydrogen-bond acceptors (Lipinski definition) is 2. The molecule has 104 valence electrons. The Morgan fingerprint density at radius 1 is 0.857 bits per heavy atom. The number of carbonyl (C=O) groups is 1. The van der Waals surface area contributed by atoms with Crippen molar-refractivity contribution in [2.75, 3.05) is 0 Å². The van der Waals surface area contributed by atoms with Crippen molar-refractivity contribution in [2.45, 2.75) is 6.42 Å². The number of carbonyl (C=O) groups excluding carboxylic acids is 1. The highest BCUT2D eigenvalue weighted by Gasteiger charge is 2.10. The molecule has 0 spiro atoms. The van der Waals surface area contributed by atoms with Gasteiger partial charge < -0.3 is 4.74 Å². The summed E-state index contributed by atoms with van der Waals surface area (Å²) >= 11 is 6.15. The zero-order chi connectivity index (χ0) is 14.7. The maximum Gasteiger partial charge on any atom is 0.315 e. The van der Waals surface area contributed by atoms with Crippen molar-refractivity contribution in [3.8, 4) is 5.75 Å². The molecule has 2 nitrogen and oxygen atoms in total. The van der Waals surface area contributed by atoms with Crippen LogP contribution in [-0.2, 0) is 11.2 Å². The third-order valence-electron chi connectivity index (χ3n) is 3.25. The summed E-state index contributed by atoms with van der Waals surface area (Å²) in [5.74, 6) is 0.254. The lowest BCUT2D eigenvalue weighted by atomic mass is 10.1. The van der Waals surface area contributed by atoms with E-state index in [1.807, 2.05) is 54.6 Å². The Morgan fingerprint density at radius 3 is 2.29 bits per heavy atom. The SMILES string of the molecule is O=C(Cc1ccccc1)Oc1ccc(Cl)c2ccccc12. The summed E-state index contributed by atoms with van der Waals surface area (Å²) in [4.78, 5) is 12.1. The van der Waals surface area contributed by atoms with Crippen molar-refractivity contribution in [1.82, 2.24) is 0 Å². The molecular formula is C18H13ClO2. The summed E-state index contributed by atoms with van der Waals surface area (Å²) in [6.07, 6.45) is 0.248. The minimum atomic E-state index is -0.284. The molecule has 0 saturated carbocycles. The molecule has 0 atom stereocenters. The minimum Gasteiger partial charge on any atom is -0.426 e. The van der Waals surface area contributed by atoms with Crippen LogP contribution in [0.5, 0.6) is 5.75 Å². The molecule has 0 amide bonds. The first-order chi connectivity index (χ1) is 10.2. The quantitative estimate of drug-likeness (QED) is 0.520. The van der Waals surface area contributed by atoms with E-state index in [0.717, 1.165) is 16.3 Å². The van der Waals surface area contributed by atoms with Gasteiger partial charge in [0, 0.05) is 15.8 Å². The van der Waals surface area contributed by atoms with Crippen molar-refractivity contribution in [3.63, 3.8) is 0 Å². The van der Waals surface area contributed by atoms with Crippen LogP contribution in [-0.4, -0.2) is 5.97 Å². The van der Waals surface area contributed by atoms with E-state index >= 15 is 0 Å². The van der Waals surface area contributed by atoms with Gasteiger partial charge in [-0.05, 0) is 17.7 Å². The number of rotatable bonds is 3. The molecule has 0 aromatic heterocycles. The van der Waals surface area contributed by atoms with Gasteiger partial charge in [0.1, 0.15) is 5.75 Å². The largest absolute Gasteiger partial charge is 0.426 e. The Morgan fingerprint density at radius 2 is 1.52 bits per heavy atom. The molecule has 0 radical (unpaired) electrons. The highest BCUT2D eigenvalue weighted by molar-refractivity contribution is 6.35. The van der Waals surface area contributed by atoms with Crippen molar-refractivity contribution in [1.29, 1.82) is 0 Å². The Kier molecular flexibility index (Phi) is 3.89. The van der Waals surface area contributed by atoms with Crippen LogP contribution in [0.4, 0.5) is 0 Å². The highest BCUT2D eigenvalue weighted by Crippen LogP contribution is 2.31. The maximum atomic E-state index is 12.1. The minimum absolute atomic E-state index is 0.248. The summed E-state index contributed by atoms with van der Waals surface area (Å²) in [5, 5.41) is 2.36. The van der Waals surface area contributed by atoms with Crippen LogP contribution in [0, 0.1) is 0 Å². The fraction of sp³-hybridized carbons (Fsp3) is 0.0556. The number of fused-ring (bicyclic) bond motifs is 1. The average molecular weight is 297 g/mol. The van der Waals surface area contributed by atoms with Crippen molar-refractivity contribution < 1.29 is 9.53 Å². The molecular weight excluding hydrogens is 284 g/mol. The monoisotopic (exact) mass is 296 g/mol. The first kappa shape index (κ1) is 13.7. The second-order valence-corrected chi connectivity index (χ2v) is 5.13. The van der Waals surface area contributed by atoms with Gasteiger partial charge >= 0.3 is 5.97 Å². The van der Waals surface area contributed by atoms with Crippen LogP contribution < -0.4 is 4.74 Å². The molecule has 0 heterocycles. The van der Waals surface area contributed by atoms with Crippen LogP contribution in [0.1, 0.15) is 5.56 Å². The summed E-state index contributed by atoms with van der Waals surface area (Å²) in [7, 11) is 0. The van der Waals surface area contributed by atoms with E-state index in [4.69, 9.17) is 16.3 Å². The molecule has 3 aromatic carbocycles. The van der Waals surface area contributed by atoms with E-state index < -0.39 is 0 Å². The van der Waals surface area contributed by atoms with Gasteiger partial charge in [-0.25, -0.2) is 0 Å². The molecule has 0 aliphatic carbocycles. The van der Waals surface area contributed by atoms with Crippen LogP contribution >= 0.6 is 11.6 Å². The molecule has 21 heavy (non-hydrogen) atoms. The van der Waals surface area contributed by atoms with Gasteiger partial charge in [0.05, 0.1) is 6.42 Å². The average Bonchev–Trinajstić information content (AvgIpc) is 2.51. The third-order valence-corrected chi connectivity index (χ3v) is 3.58. The maximum absolute atomic E-state index is 12.1. The fourth-order valence-electron chi connectivity index (χ4n) is 2.24. The number of esters is 1. The van der Waals surface area contributed by atoms with Crippen LogP contribution in [0.3, 0.4) is 0 Å². The third kappa shape index (κ3) is 3.06. The predicted octanol–water partition coefficient (Wildman–Crippen LogP) is 4.64. The molecule has 3 rings (SSSR count). The zero-order valence-corrected chi connectivity index (χ0v) is 12.0. The number of hydrogen-bond donors (Lipinski definition) is 0. The van der Waals surface area contributed by atoms with Crippen LogP contribution in [0.25, 0.3) is 10.8 Å². The lowest BCUT2D eigenvalue weighted by Gasteiger charge is -2.09. The highest BCUT2D eigenvalue weighted by atomic mass is 35.5. The van der Waals surface area contributed by atoms with Crippen molar-refractivity contribution in [2.24, 2.45) is 0 Å². The van der Waals surface area contributed by atoms with E-state index in [9.17, 15) is 4.79 Å². The van der Waals surface area contributed by atoms with Gasteiger partial charge in [-0.3, -0.25) is 4.79 Å². The van der Waals surface area contributed by atoms with Crippen molar-refractivity contribution in [3.05, 3.63) is 77.3 Å². The van der Waals surface area contributed by atoms with E-state index in [-0.39, 0.29) is 12.4 Å². The number of ether oxygens (including phenoxy) is 1. The normalized spacial score (nSPS) is 10.5. The molecule has 0 unspecified atom stereocenters. The smallest absolute Gasteiger partial charge is 0.315 e. The number of halogens is 1. The molecule has 3 aromatic rings. The van der Waals surface area contributed by atoms with Gasteiger partial charge in [-0.2, -0.15) is 0 Å². The standard InChI is InChI=1S/C18H13ClO2/c19-16-10-11-17(15-9-5-4-8-14(15)16)21-18(20)12-13-6-2-1-3-7-13/h1-11H,12H2. The first-order valence-electron chi connectivity index (χ1n) is 6.66. The summed E-state index contributed by atoms with van der Waals surface area (Å²) in [6.45, 7) is 0. The molecule has 0 aliphatic rings. The Hall–Kier alpha value is -2.32. The van der Waals surface area contributed by atoms with Crippen LogP contribution in [0.15, 0.2) is 66.7 Å². The zero-order valence-electron chi connectivity index (χ0n) is 11.3. The molecule has 0 fully saturated rings. The summed E-state index contributed by atoms with van der Waals surface area (Å²) in [6, 6.07) is 20.6. The van der Waals surface area contributed by atoms with Crippen LogP contribution in [0.2, 0.25) is 5.02 Å². The second-order valence-electron chi connectivity index (χ2n) is 4.73. The Bertz CT molecular complexity index is 782. The van der Waals surface area contributed by atoms with E-state index in [0.29, 0.717) is 10.8 Å². The topological polar surface area (TPSA) is 26.3 Å². The van der Waals surface area contributed by atoms with Crippen molar-refractivity contribution >= 4 is 28.3 Å². The van der Waals surface area contributed by atoms with Gasteiger partial charge in [0.15, 0.2) is 0 Å². The Labute approximate surface area is 127 Å².